The van der Waals surface area contributed by atoms with Crippen molar-refractivity contribution in [2.45, 2.75) is 6.92 Å². The van der Waals surface area contributed by atoms with Gasteiger partial charge in [-0.25, -0.2) is 4.98 Å². The molecule has 1 saturated heterocycles. The Kier molecular flexibility index (Phi) is 7.59. The molecule has 1 fully saturated rings. The monoisotopic (exact) mass is 530 g/mol. The van der Waals surface area contributed by atoms with Gasteiger partial charge in [-0.15, -0.1) is 0 Å². The highest BCUT2D eigenvalue weighted by molar-refractivity contribution is 8.26. The maximum absolute atomic E-state index is 14.0. The van der Waals surface area contributed by atoms with Crippen LogP contribution < -0.4 is 14.9 Å². The first-order valence-corrected chi connectivity index (χ1v) is 11.7. The van der Waals surface area contributed by atoms with E-state index in [4.69, 9.17) is 33.3 Å². The molecule has 2 amide bonds. The minimum absolute atomic E-state index is 0.169. The van der Waals surface area contributed by atoms with Crippen LogP contribution in [0.2, 0.25) is 5.28 Å². The Balaban J connectivity index is 1.55. The molecule has 0 bridgehead atoms. The van der Waals surface area contributed by atoms with Crippen LogP contribution in [-0.4, -0.2) is 37.7 Å². The lowest BCUT2D eigenvalue weighted by molar-refractivity contribution is -0.123. The van der Waals surface area contributed by atoms with E-state index in [0.29, 0.717) is 28.4 Å². The molecule has 0 saturated carbocycles. The van der Waals surface area contributed by atoms with Crippen LogP contribution in [0, 0.1) is 5.82 Å². The van der Waals surface area contributed by atoms with Crippen molar-refractivity contribution in [3.63, 3.8) is 0 Å². The zero-order valence-corrected chi connectivity index (χ0v) is 20.4. The number of rotatable bonds is 7. The number of hydrazine groups is 1. The first-order valence-electron chi connectivity index (χ1n) is 10.1. The summed E-state index contributed by atoms with van der Waals surface area (Å²) in [4.78, 5) is 32.9. The number of benzene rings is 2. The summed E-state index contributed by atoms with van der Waals surface area (Å²) in [7, 11) is 0. The summed E-state index contributed by atoms with van der Waals surface area (Å²) >= 11 is 12.0. The van der Waals surface area contributed by atoms with Crippen molar-refractivity contribution in [1.82, 2.24) is 20.4 Å². The molecule has 0 spiro atoms. The Hall–Kier alpha value is -3.54. The number of carbonyl (C=O) groups excluding carboxylic acids is 2. The number of nitrogens with zero attached hydrogens (tertiary/aromatic N) is 3. The standard InChI is InChI=1S/C23H16ClFN4O4S2/c1-2-32-17-10-13(8-9-16(17)33-20-15(25)12-26-22(24)27-20)11-18-21(31)29(23(34)35-18)28-19(30)14-6-4-3-5-7-14/h3-12H,2H2,1H3,(H,28,30)/b18-11+. The van der Waals surface area contributed by atoms with Gasteiger partial charge >= 0.3 is 0 Å². The van der Waals surface area contributed by atoms with E-state index < -0.39 is 17.6 Å². The van der Waals surface area contributed by atoms with Gasteiger partial charge in [-0.2, -0.15) is 14.4 Å². The lowest BCUT2D eigenvalue weighted by Crippen LogP contribution is -2.44. The molecule has 178 valence electrons. The van der Waals surface area contributed by atoms with Crippen LogP contribution in [0.4, 0.5) is 4.39 Å². The second-order valence-corrected chi connectivity index (χ2v) is 8.87. The fourth-order valence-corrected chi connectivity index (χ4v) is 4.25. The fraction of sp³-hybridized carbons (Fsp3) is 0.0870. The molecule has 0 atom stereocenters. The van der Waals surface area contributed by atoms with Crippen molar-refractivity contribution in [1.29, 1.82) is 0 Å². The highest BCUT2D eigenvalue weighted by Gasteiger charge is 2.33. The third-order valence-electron chi connectivity index (χ3n) is 4.50. The summed E-state index contributed by atoms with van der Waals surface area (Å²) < 4.78 is 25.3. The van der Waals surface area contributed by atoms with Crippen molar-refractivity contribution >= 4 is 57.8 Å². The van der Waals surface area contributed by atoms with E-state index in [1.54, 1.807) is 61.5 Å². The molecule has 3 aromatic rings. The number of hydrogen-bond acceptors (Lipinski definition) is 8. The number of nitrogens with one attached hydrogen (secondary N) is 1. The Morgan fingerprint density at radius 1 is 1.26 bits per heavy atom. The van der Waals surface area contributed by atoms with Crippen molar-refractivity contribution in [3.8, 4) is 17.4 Å². The number of aromatic nitrogens is 2. The van der Waals surface area contributed by atoms with Crippen molar-refractivity contribution in [2.24, 2.45) is 0 Å². The quantitative estimate of drug-likeness (QED) is 0.259. The number of thiocarbonyl (C=S) groups is 1. The SMILES string of the molecule is CCOc1cc(/C=C2/SC(=S)N(NC(=O)c3ccccc3)C2=O)ccc1Oc1nc(Cl)ncc1F. The average Bonchev–Trinajstić information content (AvgIpc) is 3.11. The molecule has 1 aliphatic heterocycles. The van der Waals surface area contributed by atoms with Gasteiger partial charge in [-0.1, -0.05) is 36.0 Å². The van der Waals surface area contributed by atoms with Gasteiger partial charge in [0.25, 0.3) is 17.7 Å². The molecule has 1 N–H and O–H groups in total. The summed E-state index contributed by atoms with van der Waals surface area (Å²) in [6.45, 7) is 2.08. The number of ether oxygens (including phenoxy) is 2. The molecule has 1 aromatic heterocycles. The summed E-state index contributed by atoms with van der Waals surface area (Å²) in [5.41, 5.74) is 3.51. The van der Waals surface area contributed by atoms with Crippen molar-refractivity contribution < 1.29 is 23.5 Å². The zero-order valence-electron chi connectivity index (χ0n) is 18.0. The topological polar surface area (TPSA) is 93.7 Å². The second-order valence-electron chi connectivity index (χ2n) is 6.86. The molecule has 35 heavy (non-hydrogen) atoms. The van der Waals surface area contributed by atoms with Crippen LogP contribution in [0.5, 0.6) is 17.4 Å². The average molecular weight is 531 g/mol. The fourth-order valence-electron chi connectivity index (χ4n) is 2.95. The van der Waals surface area contributed by atoms with Crippen LogP contribution >= 0.6 is 35.6 Å². The van der Waals surface area contributed by atoms with Gasteiger partial charge < -0.3 is 9.47 Å². The molecule has 4 rings (SSSR count). The maximum Gasteiger partial charge on any atom is 0.285 e. The number of halogens is 2. The molecule has 0 aliphatic carbocycles. The minimum Gasteiger partial charge on any atom is -0.490 e. The normalized spacial score (nSPS) is 14.4. The largest absolute Gasteiger partial charge is 0.490 e. The highest BCUT2D eigenvalue weighted by atomic mass is 35.5. The summed E-state index contributed by atoms with van der Waals surface area (Å²) in [5, 5.41) is 0.862. The predicted molar refractivity (Wildman–Crippen MR) is 134 cm³/mol. The van der Waals surface area contributed by atoms with Gasteiger partial charge in [0, 0.05) is 5.56 Å². The van der Waals surface area contributed by atoms with Gasteiger partial charge in [0.2, 0.25) is 11.1 Å². The third kappa shape index (κ3) is 5.76. The molecule has 0 radical (unpaired) electrons. The Bertz CT molecular complexity index is 1340. The van der Waals surface area contributed by atoms with E-state index in [9.17, 15) is 14.0 Å². The van der Waals surface area contributed by atoms with Gasteiger partial charge in [0.05, 0.1) is 17.7 Å². The van der Waals surface area contributed by atoms with Crippen LogP contribution in [0.3, 0.4) is 0 Å². The third-order valence-corrected chi connectivity index (χ3v) is 5.98. The van der Waals surface area contributed by atoms with Crippen LogP contribution in [-0.2, 0) is 4.79 Å². The van der Waals surface area contributed by atoms with E-state index in [-0.39, 0.29) is 21.2 Å². The molecular weight excluding hydrogens is 515 g/mol. The summed E-state index contributed by atoms with van der Waals surface area (Å²) in [6.07, 6.45) is 2.50. The summed E-state index contributed by atoms with van der Waals surface area (Å²) in [6, 6.07) is 13.3. The molecule has 2 heterocycles. The van der Waals surface area contributed by atoms with E-state index in [1.165, 1.54) is 0 Å². The Labute approximate surface area is 214 Å². The molecule has 0 unspecified atom stereocenters. The lowest BCUT2D eigenvalue weighted by atomic mass is 10.2. The zero-order chi connectivity index (χ0) is 24.9. The molecule has 1 aliphatic rings. The summed E-state index contributed by atoms with van der Waals surface area (Å²) in [5.74, 6) is -1.58. The van der Waals surface area contributed by atoms with Crippen molar-refractivity contribution in [2.75, 3.05) is 6.61 Å². The Morgan fingerprint density at radius 2 is 2.03 bits per heavy atom. The lowest BCUT2D eigenvalue weighted by Gasteiger charge is -2.15. The van der Waals surface area contributed by atoms with Gasteiger partial charge in [0.15, 0.2) is 15.8 Å². The highest BCUT2D eigenvalue weighted by Crippen LogP contribution is 2.36. The molecular formula is C23H16ClFN4O4S2. The van der Waals surface area contributed by atoms with Gasteiger partial charge in [-0.05, 0) is 66.6 Å². The van der Waals surface area contributed by atoms with Crippen LogP contribution in [0.1, 0.15) is 22.8 Å². The predicted octanol–water partition coefficient (Wildman–Crippen LogP) is 5.01. The first-order chi connectivity index (χ1) is 16.9. The number of amides is 2. The molecule has 8 nitrogen and oxygen atoms in total. The number of thioether (sulfide) groups is 1. The van der Waals surface area contributed by atoms with E-state index in [0.717, 1.165) is 23.0 Å². The number of carbonyl (C=O) groups is 2. The van der Waals surface area contributed by atoms with Gasteiger partial charge in [0.1, 0.15) is 0 Å². The van der Waals surface area contributed by atoms with E-state index >= 15 is 0 Å². The maximum atomic E-state index is 14.0. The van der Waals surface area contributed by atoms with E-state index in [1.807, 2.05) is 0 Å². The van der Waals surface area contributed by atoms with Crippen LogP contribution in [0.25, 0.3) is 6.08 Å². The molecule has 12 heteroatoms. The van der Waals surface area contributed by atoms with Gasteiger partial charge in [-0.3, -0.25) is 15.0 Å². The minimum atomic E-state index is -0.790. The first kappa shape index (κ1) is 24.6. The second kappa shape index (κ2) is 10.8. The van der Waals surface area contributed by atoms with E-state index in [2.05, 4.69) is 15.4 Å². The molecule has 2 aromatic carbocycles. The number of hydrogen-bond donors (Lipinski definition) is 1. The van der Waals surface area contributed by atoms with Crippen molar-refractivity contribution in [3.05, 3.63) is 81.9 Å². The smallest absolute Gasteiger partial charge is 0.285 e. The van der Waals surface area contributed by atoms with Crippen LogP contribution in [0.15, 0.2) is 59.6 Å². The Morgan fingerprint density at radius 3 is 2.77 bits per heavy atom.